The molecule has 0 radical (unpaired) electrons. The Bertz CT molecular complexity index is 808. The standard InChI is InChI=1S/C23H27NO3/c1-23(2,3)27-22(26)24-14-8-13-21(25)20(24)16-17-9-7-12-19(15-17)18-10-5-4-6-11-18/h4-7,9-12,15,20H,8,13-14,16H2,1-3H3. The third kappa shape index (κ3) is 4.97. The van der Waals surface area contributed by atoms with E-state index in [9.17, 15) is 9.59 Å². The van der Waals surface area contributed by atoms with E-state index in [-0.39, 0.29) is 5.78 Å². The number of ketones is 1. The lowest BCUT2D eigenvalue weighted by Crippen LogP contribution is -2.51. The van der Waals surface area contributed by atoms with Gasteiger partial charge in [0.05, 0.1) is 6.04 Å². The molecule has 142 valence electrons. The summed E-state index contributed by atoms with van der Waals surface area (Å²) in [7, 11) is 0. The van der Waals surface area contributed by atoms with Gasteiger partial charge in [-0.2, -0.15) is 0 Å². The van der Waals surface area contributed by atoms with Crippen molar-refractivity contribution in [1.82, 2.24) is 4.90 Å². The summed E-state index contributed by atoms with van der Waals surface area (Å²) in [6, 6.07) is 17.9. The fourth-order valence-electron chi connectivity index (χ4n) is 3.41. The Labute approximate surface area is 161 Å². The average Bonchev–Trinajstić information content (AvgIpc) is 2.63. The first-order valence-electron chi connectivity index (χ1n) is 9.50. The van der Waals surface area contributed by atoms with Gasteiger partial charge in [0.1, 0.15) is 5.60 Å². The highest BCUT2D eigenvalue weighted by atomic mass is 16.6. The lowest BCUT2D eigenvalue weighted by atomic mass is 9.93. The Hall–Kier alpha value is -2.62. The van der Waals surface area contributed by atoms with Gasteiger partial charge in [-0.1, -0.05) is 54.6 Å². The molecule has 1 unspecified atom stereocenters. The molecule has 0 bridgehead atoms. The number of hydrogen-bond acceptors (Lipinski definition) is 3. The monoisotopic (exact) mass is 365 g/mol. The van der Waals surface area contributed by atoms with Gasteiger partial charge in [0.2, 0.25) is 0 Å². The summed E-state index contributed by atoms with van der Waals surface area (Å²) in [5, 5.41) is 0. The molecule has 2 aromatic rings. The predicted octanol–water partition coefficient (Wildman–Crippen LogP) is 4.86. The zero-order chi connectivity index (χ0) is 19.4. The highest BCUT2D eigenvalue weighted by Gasteiger charge is 2.35. The van der Waals surface area contributed by atoms with Crippen molar-refractivity contribution in [1.29, 1.82) is 0 Å². The smallest absolute Gasteiger partial charge is 0.410 e. The topological polar surface area (TPSA) is 46.6 Å². The highest BCUT2D eigenvalue weighted by Crippen LogP contribution is 2.24. The first kappa shape index (κ1) is 19.2. The molecule has 0 aliphatic carbocycles. The Morgan fingerprint density at radius 3 is 2.48 bits per heavy atom. The van der Waals surface area contributed by atoms with Crippen LogP contribution in [0.4, 0.5) is 4.79 Å². The zero-order valence-corrected chi connectivity index (χ0v) is 16.3. The molecule has 1 fully saturated rings. The maximum absolute atomic E-state index is 12.6. The maximum Gasteiger partial charge on any atom is 0.410 e. The van der Waals surface area contributed by atoms with Gasteiger partial charge < -0.3 is 4.74 Å². The number of Topliss-reactive ketones (excluding diaryl/α,β-unsaturated/α-hetero) is 1. The van der Waals surface area contributed by atoms with E-state index in [4.69, 9.17) is 4.74 Å². The Balaban J connectivity index is 1.81. The second-order valence-electron chi connectivity index (χ2n) is 8.03. The van der Waals surface area contributed by atoms with Crippen LogP contribution < -0.4 is 0 Å². The summed E-state index contributed by atoms with van der Waals surface area (Å²) in [5.74, 6) is 0.109. The van der Waals surface area contributed by atoms with Crippen LogP contribution in [0.2, 0.25) is 0 Å². The van der Waals surface area contributed by atoms with E-state index in [0.717, 1.165) is 16.7 Å². The Kier molecular flexibility index (Phi) is 5.64. The first-order valence-corrected chi connectivity index (χ1v) is 9.50. The molecule has 1 heterocycles. The summed E-state index contributed by atoms with van der Waals surface area (Å²) in [6.45, 7) is 6.09. The third-order valence-electron chi connectivity index (χ3n) is 4.66. The fraction of sp³-hybridized carbons (Fsp3) is 0.391. The van der Waals surface area contributed by atoms with Crippen LogP contribution in [-0.2, 0) is 16.0 Å². The first-order chi connectivity index (χ1) is 12.8. The van der Waals surface area contributed by atoms with Gasteiger partial charge in [0.15, 0.2) is 5.78 Å². The summed E-state index contributed by atoms with van der Waals surface area (Å²) >= 11 is 0. The molecule has 4 nitrogen and oxygen atoms in total. The Morgan fingerprint density at radius 2 is 1.78 bits per heavy atom. The molecule has 0 N–H and O–H groups in total. The normalized spacial score (nSPS) is 17.7. The van der Waals surface area contributed by atoms with Crippen molar-refractivity contribution in [2.75, 3.05) is 6.54 Å². The van der Waals surface area contributed by atoms with Crippen molar-refractivity contribution in [3.05, 3.63) is 60.2 Å². The summed E-state index contributed by atoms with van der Waals surface area (Å²) in [6.07, 6.45) is 1.32. The van der Waals surface area contributed by atoms with E-state index in [1.165, 1.54) is 0 Å². The van der Waals surface area contributed by atoms with Crippen molar-refractivity contribution >= 4 is 11.9 Å². The van der Waals surface area contributed by atoms with Crippen LogP contribution in [0.5, 0.6) is 0 Å². The van der Waals surface area contributed by atoms with Crippen LogP contribution in [0.25, 0.3) is 11.1 Å². The molecule has 0 aromatic heterocycles. The quantitative estimate of drug-likeness (QED) is 0.780. The second-order valence-corrected chi connectivity index (χ2v) is 8.03. The van der Waals surface area contributed by atoms with Gasteiger partial charge in [-0.25, -0.2) is 4.79 Å². The minimum absolute atomic E-state index is 0.109. The molecular weight excluding hydrogens is 338 g/mol. The van der Waals surface area contributed by atoms with Crippen LogP contribution in [-0.4, -0.2) is 35.0 Å². The number of benzene rings is 2. The van der Waals surface area contributed by atoms with E-state index in [0.29, 0.717) is 25.8 Å². The highest BCUT2D eigenvalue weighted by molar-refractivity contribution is 5.89. The molecule has 1 saturated heterocycles. The third-order valence-corrected chi connectivity index (χ3v) is 4.66. The number of carbonyl (C=O) groups is 2. The summed E-state index contributed by atoms with van der Waals surface area (Å²) in [5.41, 5.74) is 2.72. The number of carbonyl (C=O) groups excluding carboxylic acids is 2. The number of likely N-dealkylation sites (tertiary alicyclic amines) is 1. The molecule has 2 aromatic carbocycles. The number of hydrogen-bond donors (Lipinski definition) is 0. The van der Waals surface area contributed by atoms with Crippen molar-refractivity contribution in [2.24, 2.45) is 0 Å². The van der Waals surface area contributed by atoms with Gasteiger partial charge >= 0.3 is 6.09 Å². The average molecular weight is 365 g/mol. The van der Waals surface area contributed by atoms with Gasteiger partial charge in [0, 0.05) is 19.4 Å². The van der Waals surface area contributed by atoms with Gasteiger partial charge in [-0.15, -0.1) is 0 Å². The van der Waals surface area contributed by atoms with Crippen molar-refractivity contribution in [2.45, 2.75) is 51.7 Å². The summed E-state index contributed by atoms with van der Waals surface area (Å²) in [4.78, 5) is 26.8. The van der Waals surface area contributed by atoms with Crippen LogP contribution in [0.1, 0.15) is 39.2 Å². The van der Waals surface area contributed by atoms with E-state index < -0.39 is 17.7 Å². The molecular formula is C23H27NO3. The molecule has 0 saturated carbocycles. The number of amides is 1. The maximum atomic E-state index is 12.6. The lowest BCUT2D eigenvalue weighted by Gasteiger charge is -2.35. The SMILES string of the molecule is CC(C)(C)OC(=O)N1CCCC(=O)C1Cc1cccc(-c2ccccc2)c1. The molecule has 1 aliphatic rings. The largest absolute Gasteiger partial charge is 0.444 e. The minimum Gasteiger partial charge on any atom is -0.444 e. The van der Waals surface area contributed by atoms with Gasteiger partial charge in [-0.3, -0.25) is 9.69 Å². The second kappa shape index (κ2) is 7.95. The van der Waals surface area contributed by atoms with E-state index in [2.05, 4.69) is 24.3 Å². The van der Waals surface area contributed by atoms with Crippen LogP contribution in [0.3, 0.4) is 0 Å². The number of nitrogens with zero attached hydrogens (tertiary/aromatic N) is 1. The molecule has 3 rings (SSSR count). The lowest BCUT2D eigenvalue weighted by molar-refractivity contribution is -0.126. The minimum atomic E-state index is -0.574. The molecule has 1 amide bonds. The molecule has 1 atom stereocenters. The van der Waals surface area contributed by atoms with E-state index in [1.807, 2.05) is 51.1 Å². The number of piperidine rings is 1. The molecule has 4 heteroatoms. The molecule has 1 aliphatic heterocycles. The zero-order valence-electron chi connectivity index (χ0n) is 16.3. The van der Waals surface area contributed by atoms with Crippen LogP contribution in [0, 0.1) is 0 Å². The van der Waals surface area contributed by atoms with E-state index in [1.54, 1.807) is 4.90 Å². The predicted molar refractivity (Wildman–Crippen MR) is 107 cm³/mol. The van der Waals surface area contributed by atoms with Crippen LogP contribution >= 0.6 is 0 Å². The number of ether oxygens (including phenoxy) is 1. The number of rotatable bonds is 3. The van der Waals surface area contributed by atoms with E-state index >= 15 is 0 Å². The van der Waals surface area contributed by atoms with Crippen molar-refractivity contribution in [3.63, 3.8) is 0 Å². The Morgan fingerprint density at radius 1 is 1.07 bits per heavy atom. The van der Waals surface area contributed by atoms with Gasteiger partial charge in [-0.05, 0) is 43.9 Å². The van der Waals surface area contributed by atoms with Crippen molar-refractivity contribution in [3.8, 4) is 11.1 Å². The molecule has 0 spiro atoms. The molecule has 27 heavy (non-hydrogen) atoms. The summed E-state index contributed by atoms with van der Waals surface area (Å²) < 4.78 is 5.52. The van der Waals surface area contributed by atoms with Crippen molar-refractivity contribution < 1.29 is 14.3 Å². The fourth-order valence-corrected chi connectivity index (χ4v) is 3.41. The van der Waals surface area contributed by atoms with Gasteiger partial charge in [0.25, 0.3) is 0 Å². The van der Waals surface area contributed by atoms with Crippen LogP contribution in [0.15, 0.2) is 54.6 Å².